The van der Waals surface area contributed by atoms with Crippen molar-refractivity contribution in [2.24, 2.45) is 0 Å². The van der Waals surface area contributed by atoms with Gasteiger partial charge in [-0.2, -0.15) is 4.31 Å². The molecule has 0 bridgehead atoms. The SMILES string of the molecule is Cc1ccc(C)c(N2CCN(S(=O)(=O)c3ccsc3C(=O)Nc3ccc(C(C)C)cc3)CC2)c1. The van der Waals surface area contributed by atoms with E-state index in [0.29, 0.717) is 37.8 Å². The first kappa shape index (κ1) is 24.4. The Morgan fingerprint density at radius 1 is 0.971 bits per heavy atom. The molecule has 8 heteroatoms. The van der Waals surface area contributed by atoms with Gasteiger partial charge >= 0.3 is 0 Å². The lowest BCUT2D eigenvalue weighted by Crippen LogP contribution is -2.49. The molecule has 1 amide bonds. The van der Waals surface area contributed by atoms with Crippen LogP contribution in [0.2, 0.25) is 0 Å². The first-order valence-corrected chi connectivity index (χ1v) is 13.8. The molecule has 2 aromatic carbocycles. The number of sulfonamides is 1. The van der Waals surface area contributed by atoms with Crippen molar-refractivity contribution in [1.82, 2.24) is 4.31 Å². The number of nitrogens with one attached hydrogen (secondary N) is 1. The largest absolute Gasteiger partial charge is 0.369 e. The van der Waals surface area contributed by atoms with Gasteiger partial charge in [0.2, 0.25) is 10.0 Å². The Bertz CT molecular complexity index is 1270. The minimum Gasteiger partial charge on any atom is -0.369 e. The van der Waals surface area contributed by atoms with E-state index in [1.807, 2.05) is 24.3 Å². The summed E-state index contributed by atoms with van der Waals surface area (Å²) in [6.45, 7) is 10.3. The van der Waals surface area contributed by atoms with Crippen molar-refractivity contribution >= 4 is 38.6 Å². The molecule has 0 saturated carbocycles. The van der Waals surface area contributed by atoms with Gasteiger partial charge in [0.05, 0.1) is 0 Å². The molecule has 1 saturated heterocycles. The molecule has 0 aliphatic carbocycles. The van der Waals surface area contributed by atoms with Gasteiger partial charge in [0.25, 0.3) is 5.91 Å². The molecule has 1 aliphatic heterocycles. The standard InChI is InChI=1S/C26H31N3O3S2/c1-18(2)21-7-9-22(10-8-21)27-26(30)25-24(11-16-33-25)34(31,32)29-14-12-28(13-15-29)23-17-19(3)5-6-20(23)4/h5-11,16-18H,12-15H2,1-4H3,(H,27,30). The summed E-state index contributed by atoms with van der Waals surface area (Å²) in [6.07, 6.45) is 0. The maximum absolute atomic E-state index is 13.4. The summed E-state index contributed by atoms with van der Waals surface area (Å²) in [5.74, 6) is -0.00557. The fourth-order valence-corrected chi connectivity index (χ4v) is 6.89. The van der Waals surface area contributed by atoms with E-state index in [9.17, 15) is 13.2 Å². The van der Waals surface area contributed by atoms with Crippen molar-refractivity contribution in [2.45, 2.75) is 38.5 Å². The third-order valence-electron chi connectivity index (χ3n) is 6.23. The van der Waals surface area contributed by atoms with Gasteiger partial charge in [0.15, 0.2) is 0 Å². The highest BCUT2D eigenvalue weighted by atomic mass is 32.2. The number of nitrogens with zero attached hydrogens (tertiary/aromatic N) is 2. The number of carbonyl (C=O) groups excluding carboxylic acids is 1. The van der Waals surface area contributed by atoms with Crippen molar-refractivity contribution in [3.63, 3.8) is 0 Å². The van der Waals surface area contributed by atoms with Crippen LogP contribution >= 0.6 is 11.3 Å². The van der Waals surface area contributed by atoms with Gasteiger partial charge in [0.1, 0.15) is 9.77 Å². The molecule has 1 aliphatic rings. The smallest absolute Gasteiger partial charge is 0.267 e. The van der Waals surface area contributed by atoms with Crippen LogP contribution in [0.1, 0.15) is 46.1 Å². The number of thiophene rings is 1. The number of amides is 1. The fraction of sp³-hybridized carbons (Fsp3) is 0.346. The summed E-state index contributed by atoms with van der Waals surface area (Å²) in [5.41, 5.74) is 5.34. The molecule has 1 fully saturated rings. The van der Waals surface area contributed by atoms with Crippen LogP contribution < -0.4 is 10.2 Å². The summed E-state index contributed by atoms with van der Waals surface area (Å²) < 4.78 is 28.4. The second kappa shape index (κ2) is 9.90. The highest BCUT2D eigenvalue weighted by Gasteiger charge is 2.33. The highest BCUT2D eigenvalue weighted by molar-refractivity contribution is 7.89. The van der Waals surface area contributed by atoms with Gasteiger partial charge in [0, 0.05) is 37.6 Å². The van der Waals surface area contributed by atoms with Crippen molar-refractivity contribution in [3.8, 4) is 0 Å². The quantitative estimate of drug-likeness (QED) is 0.505. The molecule has 34 heavy (non-hydrogen) atoms. The molecule has 1 aromatic heterocycles. The second-order valence-corrected chi connectivity index (χ2v) is 11.8. The van der Waals surface area contributed by atoms with Crippen molar-refractivity contribution in [3.05, 3.63) is 75.5 Å². The number of carbonyl (C=O) groups is 1. The van der Waals surface area contributed by atoms with Crippen LogP contribution in [0.5, 0.6) is 0 Å². The Morgan fingerprint density at radius 3 is 2.29 bits per heavy atom. The van der Waals surface area contributed by atoms with E-state index in [4.69, 9.17) is 0 Å². The van der Waals surface area contributed by atoms with Gasteiger partial charge in [-0.3, -0.25) is 4.79 Å². The van der Waals surface area contributed by atoms with E-state index in [2.05, 4.69) is 56.1 Å². The normalized spacial score (nSPS) is 15.0. The molecule has 1 N–H and O–H groups in total. The van der Waals surface area contributed by atoms with Crippen LogP contribution in [0.15, 0.2) is 58.8 Å². The predicted octanol–water partition coefficient (Wildman–Crippen LogP) is 5.25. The van der Waals surface area contributed by atoms with Crippen molar-refractivity contribution < 1.29 is 13.2 Å². The summed E-state index contributed by atoms with van der Waals surface area (Å²) in [5, 5.41) is 4.51. The maximum Gasteiger partial charge on any atom is 0.267 e. The van der Waals surface area contributed by atoms with Crippen molar-refractivity contribution in [1.29, 1.82) is 0 Å². The number of piperazine rings is 1. The van der Waals surface area contributed by atoms with Gasteiger partial charge in [-0.25, -0.2) is 8.42 Å². The first-order valence-electron chi connectivity index (χ1n) is 11.5. The van der Waals surface area contributed by atoms with Crippen LogP contribution in [0.3, 0.4) is 0 Å². The predicted molar refractivity (Wildman–Crippen MR) is 140 cm³/mol. The Labute approximate surface area is 206 Å². The van der Waals surface area contributed by atoms with E-state index in [0.717, 1.165) is 17.0 Å². The summed E-state index contributed by atoms with van der Waals surface area (Å²) in [6, 6.07) is 15.5. The van der Waals surface area contributed by atoms with Gasteiger partial charge in [-0.05, 0) is 66.1 Å². The molecular weight excluding hydrogens is 466 g/mol. The molecule has 2 heterocycles. The minimum absolute atomic E-state index is 0.0778. The zero-order valence-electron chi connectivity index (χ0n) is 20.0. The van der Waals surface area contributed by atoms with Crippen LogP contribution in [0.4, 0.5) is 11.4 Å². The molecule has 6 nitrogen and oxygen atoms in total. The van der Waals surface area contributed by atoms with Crippen LogP contribution in [-0.4, -0.2) is 44.8 Å². The monoisotopic (exact) mass is 497 g/mol. The van der Waals surface area contributed by atoms with E-state index < -0.39 is 15.9 Å². The van der Waals surface area contributed by atoms with Gasteiger partial charge < -0.3 is 10.2 Å². The van der Waals surface area contributed by atoms with E-state index in [1.54, 1.807) is 5.38 Å². The fourth-order valence-electron chi connectivity index (χ4n) is 4.17. The van der Waals surface area contributed by atoms with E-state index >= 15 is 0 Å². The molecular formula is C26H31N3O3S2. The topological polar surface area (TPSA) is 69.7 Å². The minimum atomic E-state index is -3.77. The summed E-state index contributed by atoms with van der Waals surface area (Å²) in [7, 11) is -3.77. The van der Waals surface area contributed by atoms with Crippen LogP contribution in [-0.2, 0) is 10.0 Å². The first-order chi connectivity index (χ1) is 16.2. The average molecular weight is 498 g/mol. The van der Waals surface area contributed by atoms with Crippen molar-refractivity contribution in [2.75, 3.05) is 36.4 Å². The van der Waals surface area contributed by atoms with Gasteiger partial charge in [-0.15, -0.1) is 11.3 Å². The lowest BCUT2D eigenvalue weighted by molar-refractivity contribution is 0.102. The summed E-state index contributed by atoms with van der Waals surface area (Å²) >= 11 is 1.15. The zero-order valence-corrected chi connectivity index (χ0v) is 21.7. The molecule has 0 spiro atoms. The molecule has 0 atom stereocenters. The Morgan fingerprint density at radius 2 is 1.65 bits per heavy atom. The van der Waals surface area contributed by atoms with Crippen LogP contribution in [0, 0.1) is 13.8 Å². The highest BCUT2D eigenvalue weighted by Crippen LogP contribution is 2.29. The number of anilines is 2. The molecule has 0 unspecified atom stereocenters. The van der Waals surface area contributed by atoms with E-state index in [-0.39, 0.29) is 9.77 Å². The van der Waals surface area contributed by atoms with Crippen LogP contribution in [0.25, 0.3) is 0 Å². The zero-order chi connectivity index (χ0) is 24.5. The van der Waals surface area contributed by atoms with E-state index in [1.165, 1.54) is 27.1 Å². The lowest BCUT2D eigenvalue weighted by Gasteiger charge is -2.36. The number of aryl methyl sites for hydroxylation is 2. The number of hydrogen-bond donors (Lipinski definition) is 1. The Hall–Kier alpha value is -2.68. The lowest BCUT2D eigenvalue weighted by atomic mass is 10.0. The maximum atomic E-state index is 13.4. The molecule has 0 radical (unpaired) electrons. The Balaban J connectivity index is 1.47. The average Bonchev–Trinajstić information content (AvgIpc) is 3.32. The molecule has 4 rings (SSSR count). The number of benzene rings is 2. The summed E-state index contributed by atoms with van der Waals surface area (Å²) in [4.78, 5) is 15.5. The third kappa shape index (κ3) is 5.04. The second-order valence-electron chi connectivity index (χ2n) is 9.03. The third-order valence-corrected chi connectivity index (χ3v) is 9.22. The Kier molecular flexibility index (Phi) is 7.12. The van der Waals surface area contributed by atoms with Gasteiger partial charge in [-0.1, -0.05) is 38.1 Å². The molecule has 180 valence electrons. The number of rotatable bonds is 6. The number of hydrogen-bond acceptors (Lipinski definition) is 5. The molecule has 3 aromatic rings.